The fourth-order valence-corrected chi connectivity index (χ4v) is 1.10. The Labute approximate surface area is 88.8 Å². The lowest BCUT2D eigenvalue weighted by Gasteiger charge is -2.07. The van der Waals surface area contributed by atoms with Gasteiger partial charge in [-0.25, -0.2) is 0 Å². The van der Waals surface area contributed by atoms with E-state index >= 15 is 0 Å². The maximum atomic E-state index is 11.1. The highest BCUT2D eigenvalue weighted by Crippen LogP contribution is 2.00. The van der Waals surface area contributed by atoms with Gasteiger partial charge in [0.15, 0.2) is 0 Å². The van der Waals surface area contributed by atoms with Gasteiger partial charge in [-0.15, -0.1) is 0 Å². The van der Waals surface area contributed by atoms with Crippen molar-refractivity contribution in [3.63, 3.8) is 0 Å². The van der Waals surface area contributed by atoms with Crippen LogP contribution in [0.4, 0.5) is 0 Å². The molecule has 0 aromatic carbocycles. The molecular formula is C10H16N2O3. The number of aryl methyl sites for hydroxylation is 1. The Hall–Kier alpha value is -1.36. The third-order valence-electron chi connectivity index (χ3n) is 1.62. The molecule has 0 amide bonds. The maximum absolute atomic E-state index is 11.1. The topological polar surface area (TPSA) is 64.4 Å². The largest absolute Gasteiger partial charge is 0.462 e. The van der Waals surface area contributed by atoms with Crippen LogP contribution in [0.2, 0.25) is 0 Å². The molecule has 0 spiro atoms. The van der Waals surface area contributed by atoms with Crippen LogP contribution in [0, 0.1) is 6.92 Å². The predicted octanol–water partition coefficient (Wildman–Crippen LogP) is 1.02. The molecule has 1 rings (SSSR count). The second-order valence-electron chi connectivity index (χ2n) is 3.57. The predicted molar refractivity (Wildman–Crippen MR) is 54.2 cm³/mol. The van der Waals surface area contributed by atoms with Gasteiger partial charge in [0.25, 0.3) is 0 Å². The van der Waals surface area contributed by atoms with Gasteiger partial charge in [0.1, 0.15) is 5.76 Å². The smallest absolute Gasteiger partial charge is 0.320 e. The van der Waals surface area contributed by atoms with Crippen LogP contribution in [0.1, 0.15) is 25.3 Å². The van der Waals surface area contributed by atoms with E-state index in [1.165, 1.54) is 0 Å². The lowest BCUT2D eigenvalue weighted by molar-refractivity contribution is -0.146. The van der Waals surface area contributed by atoms with Crippen molar-refractivity contribution in [2.24, 2.45) is 0 Å². The van der Waals surface area contributed by atoms with Crippen molar-refractivity contribution in [1.82, 2.24) is 10.5 Å². The molecule has 84 valence electrons. The summed E-state index contributed by atoms with van der Waals surface area (Å²) in [6.07, 6.45) is -0.0754. The number of hydrogen-bond acceptors (Lipinski definition) is 5. The molecule has 0 radical (unpaired) electrons. The van der Waals surface area contributed by atoms with Crippen LogP contribution in [-0.2, 0) is 16.1 Å². The molecule has 1 N–H and O–H groups in total. The first-order chi connectivity index (χ1) is 7.08. The molecule has 0 saturated carbocycles. The molecule has 15 heavy (non-hydrogen) atoms. The van der Waals surface area contributed by atoms with E-state index in [-0.39, 0.29) is 18.6 Å². The number of nitrogens with zero attached hydrogens (tertiary/aromatic N) is 1. The summed E-state index contributed by atoms with van der Waals surface area (Å²) in [5.74, 6) is 0.502. The molecule has 1 heterocycles. The average Bonchev–Trinajstić information content (AvgIpc) is 2.50. The van der Waals surface area contributed by atoms with Gasteiger partial charge in [-0.05, 0) is 20.8 Å². The SMILES string of the molecule is Cc1cc(CNCC(=O)OC(C)C)no1. The molecule has 0 bridgehead atoms. The maximum Gasteiger partial charge on any atom is 0.320 e. The highest BCUT2D eigenvalue weighted by atomic mass is 16.5. The fourth-order valence-electron chi connectivity index (χ4n) is 1.10. The number of nitrogens with one attached hydrogen (secondary N) is 1. The van der Waals surface area contributed by atoms with Crippen LogP contribution in [0.15, 0.2) is 10.6 Å². The van der Waals surface area contributed by atoms with Crippen molar-refractivity contribution in [3.8, 4) is 0 Å². The van der Waals surface area contributed by atoms with Crippen molar-refractivity contribution in [2.45, 2.75) is 33.4 Å². The Balaban J connectivity index is 2.19. The molecule has 1 aromatic heterocycles. The molecule has 0 aliphatic rings. The van der Waals surface area contributed by atoms with Crippen LogP contribution >= 0.6 is 0 Å². The third kappa shape index (κ3) is 4.60. The summed E-state index contributed by atoms with van der Waals surface area (Å²) in [5, 5.41) is 6.71. The molecule has 0 aliphatic heterocycles. The molecule has 0 aliphatic carbocycles. The van der Waals surface area contributed by atoms with Gasteiger partial charge >= 0.3 is 5.97 Å². The Kier molecular flexibility index (Phi) is 4.30. The van der Waals surface area contributed by atoms with E-state index in [2.05, 4.69) is 10.5 Å². The number of carbonyl (C=O) groups is 1. The van der Waals surface area contributed by atoms with E-state index in [9.17, 15) is 4.79 Å². The number of esters is 1. The highest BCUT2D eigenvalue weighted by Gasteiger charge is 2.05. The zero-order valence-electron chi connectivity index (χ0n) is 9.24. The minimum absolute atomic E-state index is 0.0754. The third-order valence-corrected chi connectivity index (χ3v) is 1.62. The molecule has 0 saturated heterocycles. The summed E-state index contributed by atoms with van der Waals surface area (Å²) in [4.78, 5) is 11.1. The van der Waals surface area contributed by atoms with E-state index in [0.29, 0.717) is 6.54 Å². The van der Waals surface area contributed by atoms with E-state index < -0.39 is 0 Å². The second kappa shape index (κ2) is 5.50. The van der Waals surface area contributed by atoms with Gasteiger partial charge in [0.2, 0.25) is 0 Å². The van der Waals surface area contributed by atoms with Crippen LogP contribution in [0.25, 0.3) is 0 Å². The minimum Gasteiger partial charge on any atom is -0.462 e. The normalized spacial score (nSPS) is 10.7. The summed E-state index contributed by atoms with van der Waals surface area (Å²) >= 11 is 0. The fraction of sp³-hybridized carbons (Fsp3) is 0.600. The summed E-state index contributed by atoms with van der Waals surface area (Å²) in [5.41, 5.74) is 0.782. The van der Waals surface area contributed by atoms with Crippen LogP contribution in [0.5, 0.6) is 0 Å². The quantitative estimate of drug-likeness (QED) is 0.738. The van der Waals surface area contributed by atoms with Crippen molar-refractivity contribution < 1.29 is 14.1 Å². The lowest BCUT2D eigenvalue weighted by Crippen LogP contribution is -2.26. The number of carbonyl (C=O) groups excluding carboxylic acids is 1. The van der Waals surface area contributed by atoms with Gasteiger partial charge < -0.3 is 14.6 Å². The van der Waals surface area contributed by atoms with Gasteiger partial charge in [-0.2, -0.15) is 0 Å². The molecule has 5 nitrogen and oxygen atoms in total. The van der Waals surface area contributed by atoms with Crippen molar-refractivity contribution >= 4 is 5.97 Å². The van der Waals surface area contributed by atoms with Gasteiger partial charge in [0, 0.05) is 12.6 Å². The van der Waals surface area contributed by atoms with Crippen molar-refractivity contribution in [3.05, 3.63) is 17.5 Å². The summed E-state index contributed by atoms with van der Waals surface area (Å²) in [7, 11) is 0. The molecule has 5 heteroatoms. The average molecular weight is 212 g/mol. The Morgan fingerprint density at radius 1 is 1.67 bits per heavy atom. The van der Waals surface area contributed by atoms with Crippen LogP contribution in [0.3, 0.4) is 0 Å². The van der Waals surface area contributed by atoms with Gasteiger partial charge in [0.05, 0.1) is 18.3 Å². The Morgan fingerprint density at radius 3 is 2.93 bits per heavy atom. The van der Waals surface area contributed by atoms with E-state index in [1.54, 1.807) is 0 Å². The first-order valence-corrected chi connectivity index (χ1v) is 4.90. The minimum atomic E-state index is -0.259. The zero-order valence-corrected chi connectivity index (χ0v) is 9.24. The van der Waals surface area contributed by atoms with Crippen molar-refractivity contribution in [1.29, 1.82) is 0 Å². The van der Waals surface area contributed by atoms with Crippen LogP contribution < -0.4 is 5.32 Å². The van der Waals surface area contributed by atoms with Gasteiger partial charge in [-0.1, -0.05) is 5.16 Å². The number of hydrogen-bond donors (Lipinski definition) is 1. The highest BCUT2D eigenvalue weighted by molar-refractivity contribution is 5.71. The Morgan fingerprint density at radius 2 is 2.40 bits per heavy atom. The van der Waals surface area contributed by atoms with Gasteiger partial charge in [-0.3, -0.25) is 4.79 Å². The number of rotatable bonds is 5. The zero-order chi connectivity index (χ0) is 11.3. The van der Waals surface area contributed by atoms with E-state index in [0.717, 1.165) is 11.5 Å². The number of aromatic nitrogens is 1. The standard InChI is InChI=1S/C10H16N2O3/c1-7(2)14-10(13)6-11-5-9-4-8(3)15-12-9/h4,7,11H,5-6H2,1-3H3. The lowest BCUT2D eigenvalue weighted by atomic mass is 10.4. The van der Waals surface area contributed by atoms with E-state index in [4.69, 9.17) is 9.26 Å². The second-order valence-corrected chi connectivity index (χ2v) is 3.57. The monoisotopic (exact) mass is 212 g/mol. The molecule has 0 fully saturated rings. The summed E-state index contributed by atoms with van der Waals surface area (Å²) < 4.78 is 9.83. The molecule has 0 atom stereocenters. The Bertz CT molecular complexity index is 320. The first kappa shape index (κ1) is 11.7. The molecular weight excluding hydrogens is 196 g/mol. The van der Waals surface area contributed by atoms with Crippen molar-refractivity contribution in [2.75, 3.05) is 6.54 Å². The molecule has 1 aromatic rings. The van der Waals surface area contributed by atoms with Crippen LogP contribution in [-0.4, -0.2) is 23.8 Å². The summed E-state index contributed by atoms with van der Waals surface area (Å²) in [6.45, 7) is 6.15. The molecule has 0 unspecified atom stereocenters. The summed E-state index contributed by atoms with van der Waals surface area (Å²) in [6, 6.07) is 1.82. The first-order valence-electron chi connectivity index (χ1n) is 4.90. The number of ether oxygens (including phenoxy) is 1. The van der Waals surface area contributed by atoms with E-state index in [1.807, 2.05) is 26.8 Å².